The Kier molecular flexibility index (Phi) is 1.94. The highest BCUT2D eigenvalue weighted by atomic mass is 35.7. The molecule has 6 heteroatoms. The summed E-state index contributed by atoms with van der Waals surface area (Å²) < 4.78 is 25.6. The third-order valence-corrected chi connectivity index (χ3v) is 2.60. The first-order valence-corrected chi connectivity index (χ1v) is 4.88. The maximum Gasteiger partial charge on any atom is 0.266 e. The lowest BCUT2D eigenvalue weighted by Gasteiger charge is -1.86. The van der Waals surface area contributed by atoms with Crippen LogP contribution in [-0.4, -0.2) is 8.42 Å². The van der Waals surface area contributed by atoms with Crippen molar-refractivity contribution >= 4 is 31.3 Å². The average Bonchev–Trinajstić information content (AvgIpc) is 2.11. The molecule has 0 aliphatic rings. The number of hydrogen-bond acceptors (Lipinski definition) is 3. The van der Waals surface area contributed by atoms with Gasteiger partial charge >= 0.3 is 0 Å². The Balaban J connectivity index is 3.32. The third kappa shape index (κ3) is 1.45. The second-order valence-electron chi connectivity index (χ2n) is 1.50. The molecule has 10 heavy (non-hydrogen) atoms. The summed E-state index contributed by atoms with van der Waals surface area (Å²) >= 11 is 5.29. The summed E-state index contributed by atoms with van der Waals surface area (Å²) in [4.78, 5) is -0.198. The molecule has 0 saturated heterocycles. The Bertz CT molecular complexity index is 326. The molecule has 0 N–H and O–H groups in total. The van der Waals surface area contributed by atoms with E-state index in [9.17, 15) is 8.42 Å². The van der Waals surface area contributed by atoms with Gasteiger partial charge in [-0.3, -0.25) is 0 Å². The van der Waals surface area contributed by atoms with Crippen molar-refractivity contribution < 1.29 is 12.8 Å². The zero-order valence-electron chi connectivity index (χ0n) is 4.54. The maximum absolute atomic E-state index is 10.5. The predicted octanol–water partition coefficient (Wildman–Crippen LogP) is 1.86. The van der Waals surface area contributed by atoms with E-state index in [4.69, 9.17) is 22.3 Å². The second kappa shape index (κ2) is 2.45. The second-order valence-corrected chi connectivity index (χ2v) is 4.37. The first-order chi connectivity index (χ1) is 4.52. The molecule has 0 amide bonds. The fraction of sp³-hybridized carbons (Fsp3) is 0. The molecule has 0 saturated carbocycles. The van der Waals surface area contributed by atoms with E-state index in [-0.39, 0.29) is 10.1 Å². The molecule has 0 aliphatic heterocycles. The standard InChI is InChI=1S/C4H2Cl2O3S/c5-4-3(1-2-9-4)10(6,7)8/h1-2H. The van der Waals surface area contributed by atoms with Crippen molar-refractivity contribution in [1.82, 2.24) is 0 Å². The largest absolute Gasteiger partial charge is 0.451 e. The molecular formula is C4H2Cl2O3S. The minimum Gasteiger partial charge on any atom is -0.451 e. The van der Waals surface area contributed by atoms with Crippen molar-refractivity contribution in [2.24, 2.45) is 0 Å². The summed E-state index contributed by atoms with van der Waals surface area (Å²) in [5.74, 6) is 0. The molecule has 0 unspecified atom stereocenters. The van der Waals surface area contributed by atoms with Crippen LogP contribution < -0.4 is 0 Å². The van der Waals surface area contributed by atoms with Gasteiger partial charge in [-0.2, -0.15) is 0 Å². The minimum atomic E-state index is -3.74. The normalized spacial score (nSPS) is 11.8. The molecule has 0 radical (unpaired) electrons. The Hall–Kier alpha value is -0.190. The van der Waals surface area contributed by atoms with Crippen molar-refractivity contribution in [2.75, 3.05) is 0 Å². The van der Waals surface area contributed by atoms with Gasteiger partial charge in [0.05, 0.1) is 6.26 Å². The van der Waals surface area contributed by atoms with E-state index in [0.717, 1.165) is 6.26 Å². The molecule has 3 nitrogen and oxygen atoms in total. The molecule has 0 atom stereocenters. The van der Waals surface area contributed by atoms with Gasteiger partial charge in [-0.05, 0) is 17.7 Å². The average molecular weight is 201 g/mol. The van der Waals surface area contributed by atoms with Gasteiger partial charge < -0.3 is 4.42 Å². The third-order valence-electron chi connectivity index (χ3n) is 0.847. The van der Waals surface area contributed by atoms with Crippen LogP contribution in [0.4, 0.5) is 0 Å². The molecular weight excluding hydrogens is 199 g/mol. The van der Waals surface area contributed by atoms with Crippen LogP contribution in [0.2, 0.25) is 5.22 Å². The van der Waals surface area contributed by atoms with Crippen LogP contribution in [0.3, 0.4) is 0 Å². The molecule has 56 valence electrons. The van der Waals surface area contributed by atoms with Crippen LogP contribution in [-0.2, 0) is 9.05 Å². The monoisotopic (exact) mass is 200 g/mol. The van der Waals surface area contributed by atoms with Gasteiger partial charge in [0, 0.05) is 10.7 Å². The van der Waals surface area contributed by atoms with Crippen molar-refractivity contribution in [3.63, 3.8) is 0 Å². The Morgan fingerprint density at radius 3 is 2.30 bits per heavy atom. The van der Waals surface area contributed by atoms with E-state index in [1.165, 1.54) is 6.07 Å². The molecule has 0 bridgehead atoms. The lowest BCUT2D eigenvalue weighted by molar-refractivity contribution is 0.560. The number of hydrogen-bond donors (Lipinski definition) is 0. The summed E-state index contributed by atoms with van der Waals surface area (Å²) in [7, 11) is 1.19. The molecule has 0 spiro atoms. The molecule has 0 aromatic carbocycles. The quantitative estimate of drug-likeness (QED) is 0.651. The zero-order chi connectivity index (χ0) is 7.78. The smallest absolute Gasteiger partial charge is 0.266 e. The molecule has 0 fully saturated rings. The summed E-state index contributed by atoms with van der Waals surface area (Å²) in [6.45, 7) is 0. The first-order valence-electron chi connectivity index (χ1n) is 2.19. The van der Waals surface area contributed by atoms with Crippen molar-refractivity contribution in [2.45, 2.75) is 4.90 Å². The Labute approximate surface area is 67.0 Å². The topological polar surface area (TPSA) is 47.3 Å². The SMILES string of the molecule is O=S(=O)(Cl)c1ccoc1Cl. The molecule has 1 rings (SSSR count). The summed E-state index contributed by atoms with van der Waals surface area (Å²) in [6.07, 6.45) is 1.15. The van der Waals surface area contributed by atoms with E-state index in [0.29, 0.717) is 0 Å². The zero-order valence-corrected chi connectivity index (χ0v) is 6.87. The first kappa shape index (κ1) is 7.91. The van der Waals surface area contributed by atoms with Gasteiger partial charge in [0.25, 0.3) is 9.05 Å². The van der Waals surface area contributed by atoms with Gasteiger partial charge in [0.1, 0.15) is 4.90 Å². The molecule has 1 aromatic heterocycles. The molecule has 1 heterocycles. The van der Waals surface area contributed by atoms with Crippen molar-refractivity contribution in [1.29, 1.82) is 0 Å². The van der Waals surface area contributed by atoms with Gasteiger partial charge in [0.2, 0.25) is 5.22 Å². The lowest BCUT2D eigenvalue weighted by atomic mass is 10.7. The van der Waals surface area contributed by atoms with Gasteiger partial charge in [-0.15, -0.1) is 0 Å². The van der Waals surface area contributed by atoms with E-state index in [2.05, 4.69) is 4.42 Å². The Morgan fingerprint density at radius 1 is 1.50 bits per heavy atom. The fourth-order valence-electron chi connectivity index (χ4n) is 0.456. The van der Waals surface area contributed by atoms with Crippen LogP contribution in [0.5, 0.6) is 0 Å². The number of rotatable bonds is 1. The maximum atomic E-state index is 10.5. The van der Waals surface area contributed by atoms with Crippen LogP contribution in [0.1, 0.15) is 0 Å². The number of furan rings is 1. The van der Waals surface area contributed by atoms with Crippen LogP contribution in [0, 0.1) is 0 Å². The summed E-state index contributed by atoms with van der Waals surface area (Å²) in [5, 5.41) is -0.213. The van der Waals surface area contributed by atoms with Crippen LogP contribution in [0.15, 0.2) is 21.6 Å². The summed E-state index contributed by atoms with van der Waals surface area (Å²) in [5.41, 5.74) is 0. The molecule has 1 aromatic rings. The Morgan fingerprint density at radius 2 is 2.10 bits per heavy atom. The fourth-order valence-corrected chi connectivity index (χ4v) is 1.82. The molecule has 0 aliphatic carbocycles. The highest BCUT2D eigenvalue weighted by molar-refractivity contribution is 8.13. The van der Waals surface area contributed by atoms with Crippen LogP contribution >= 0.6 is 22.3 Å². The van der Waals surface area contributed by atoms with E-state index >= 15 is 0 Å². The van der Waals surface area contributed by atoms with Crippen LogP contribution in [0.25, 0.3) is 0 Å². The van der Waals surface area contributed by atoms with Crippen molar-refractivity contribution in [3.8, 4) is 0 Å². The van der Waals surface area contributed by atoms with Gasteiger partial charge in [0.15, 0.2) is 0 Å². The van der Waals surface area contributed by atoms with Gasteiger partial charge in [-0.25, -0.2) is 8.42 Å². The predicted molar refractivity (Wildman–Crippen MR) is 36.8 cm³/mol. The van der Waals surface area contributed by atoms with E-state index in [1.54, 1.807) is 0 Å². The highest BCUT2D eigenvalue weighted by Crippen LogP contribution is 2.24. The summed E-state index contributed by atoms with van der Waals surface area (Å²) in [6, 6.07) is 1.19. The van der Waals surface area contributed by atoms with E-state index in [1.807, 2.05) is 0 Å². The minimum absolute atomic E-state index is 0.198. The highest BCUT2D eigenvalue weighted by Gasteiger charge is 2.16. The van der Waals surface area contributed by atoms with Crippen molar-refractivity contribution in [3.05, 3.63) is 17.5 Å². The van der Waals surface area contributed by atoms with E-state index < -0.39 is 9.05 Å². The van der Waals surface area contributed by atoms with Gasteiger partial charge in [-0.1, -0.05) is 0 Å². The number of halogens is 2. The lowest BCUT2D eigenvalue weighted by Crippen LogP contribution is -1.86.